The van der Waals surface area contributed by atoms with E-state index < -0.39 is 10.0 Å². The highest BCUT2D eigenvalue weighted by atomic mass is 32.2. The van der Waals surface area contributed by atoms with Crippen LogP contribution in [0.1, 0.15) is 18.1 Å². The Balaban J connectivity index is 3.11. The third kappa shape index (κ3) is 3.56. The molecule has 0 aliphatic heterocycles. The molecule has 0 unspecified atom stereocenters. The Morgan fingerprint density at radius 3 is 2.65 bits per heavy atom. The van der Waals surface area contributed by atoms with Gasteiger partial charge in [0.05, 0.1) is 23.1 Å². The van der Waals surface area contributed by atoms with Gasteiger partial charge < -0.3 is 5.32 Å². The maximum absolute atomic E-state index is 12.4. The summed E-state index contributed by atoms with van der Waals surface area (Å²) in [5, 5.41) is 11.4. The molecule has 0 bridgehead atoms. The van der Waals surface area contributed by atoms with Crippen LogP contribution in [0.3, 0.4) is 0 Å². The van der Waals surface area contributed by atoms with Crippen LogP contribution in [-0.2, 0) is 14.8 Å². The molecule has 0 heterocycles. The first-order chi connectivity index (χ1) is 9.32. The van der Waals surface area contributed by atoms with Crippen molar-refractivity contribution in [2.75, 3.05) is 20.1 Å². The highest BCUT2D eigenvalue weighted by Crippen LogP contribution is 2.20. The second kappa shape index (κ2) is 6.50. The summed E-state index contributed by atoms with van der Waals surface area (Å²) in [4.78, 5) is 11.5. The van der Waals surface area contributed by atoms with Crippen LogP contribution in [-0.4, -0.2) is 38.8 Å². The molecule has 0 fully saturated rings. The van der Waals surface area contributed by atoms with Crippen molar-refractivity contribution in [3.8, 4) is 6.07 Å². The van der Waals surface area contributed by atoms with Gasteiger partial charge in [-0.2, -0.15) is 9.57 Å². The number of nitrogens with one attached hydrogen (secondary N) is 1. The van der Waals surface area contributed by atoms with Crippen LogP contribution in [0.2, 0.25) is 0 Å². The van der Waals surface area contributed by atoms with Gasteiger partial charge in [0, 0.05) is 13.6 Å². The highest BCUT2D eigenvalue weighted by molar-refractivity contribution is 7.89. The van der Waals surface area contributed by atoms with Crippen molar-refractivity contribution in [1.29, 1.82) is 5.26 Å². The van der Waals surface area contributed by atoms with E-state index in [1.54, 1.807) is 26.0 Å². The van der Waals surface area contributed by atoms with E-state index in [0.717, 1.165) is 4.31 Å². The summed E-state index contributed by atoms with van der Waals surface area (Å²) in [6.07, 6.45) is 0. The second-order valence-corrected chi connectivity index (χ2v) is 6.32. The van der Waals surface area contributed by atoms with Crippen molar-refractivity contribution in [2.45, 2.75) is 18.7 Å². The van der Waals surface area contributed by atoms with Gasteiger partial charge in [0.25, 0.3) is 0 Å². The molecule has 1 aromatic rings. The van der Waals surface area contributed by atoms with Gasteiger partial charge in [-0.1, -0.05) is 6.07 Å². The molecule has 0 saturated heterocycles. The lowest BCUT2D eigenvalue weighted by molar-refractivity contribution is -0.121. The molecule has 0 aliphatic rings. The molecule has 0 spiro atoms. The summed E-state index contributed by atoms with van der Waals surface area (Å²) in [5.74, 6) is -0.368. The van der Waals surface area contributed by atoms with Crippen LogP contribution in [0.4, 0.5) is 0 Å². The number of carbonyl (C=O) groups excluding carboxylic acids is 1. The molecule has 1 amide bonds. The second-order valence-electron chi connectivity index (χ2n) is 4.31. The van der Waals surface area contributed by atoms with Crippen LogP contribution in [0, 0.1) is 18.3 Å². The van der Waals surface area contributed by atoms with E-state index in [-0.39, 0.29) is 22.9 Å². The minimum absolute atomic E-state index is 0.0448. The predicted molar refractivity (Wildman–Crippen MR) is 74.4 cm³/mol. The molecular weight excluding hydrogens is 278 g/mol. The number of hydrogen-bond donors (Lipinski definition) is 1. The molecule has 1 rings (SSSR count). The van der Waals surface area contributed by atoms with Gasteiger partial charge in [-0.15, -0.1) is 0 Å². The molecule has 20 heavy (non-hydrogen) atoms. The summed E-state index contributed by atoms with van der Waals surface area (Å²) in [5.41, 5.74) is 0.798. The van der Waals surface area contributed by atoms with E-state index in [2.05, 4.69) is 5.32 Å². The lowest BCUT2D eigenvalue weighted by Gasteiger charge is -2.18. The molecule has 108 valence electrons. The van der Waals surface area contributed by atoms with E-state index in [1.165, 1.54) is 13.1 Å². The molecule has 0 radical (unpaired) electrons. The normalized spacial score (nSPS) is 11.2. The lowest BCUT2D eigenvalue weighted by Crippen LogP contribution is -2.38. The van der Waals surface area contributed by atoms with Gasteiger partial charge in [-0.25, -0.2) is 8.42 Å². The minimum Gasteiger partial charge on any atom is -0.355 e. The van der Waals surface area contributed by atoms with Crippen molar-refractivity contribution >= 4 is 15.9 Å². The Labute approximate surface area is 119 Å². The molecular formula is C13H17N3O3S. The van der Waals surface area contributed by atoms with Gasteiger partial charge in [0.2, 0.25) is 15.9 Å². The van der Waals surface area contributed by atoms with Gasteiger partial charge in [-0.3, -0.25) is 4.79 Å². The average molecular weight is 295 g/mol. The van der Waals surface area contributed by atoms with Gasteiger partial charge in [0.1, 0.15) is 0 Å². The first-order valence-corrected chi connectivity index (χ1v) is 7.50. The monoisotopic (exact) mass is 295 g/mol. The first-order valence-electron chi connectivity index (χ1n) is 6.06. The fraction of sp³-hybridized carbons (Fsp3) is 0.385. The number of rotatable bonds is 5. The van der Waals surface area contributed by atoms with E-state index in [1.807, 2.05) is 6.07 Å². The Kier molecular flexibility index (Phi) is 5.25. The number of nitrogens with zero attached hydrogens (tertiary/aromatic N) is 2. The van der Waals surface area contributed by atoms with E-state index >= 15 is 0 Å². The number of nitriles is 1. The first kappa shape index (κ1) is 16.1. The number of aryl methyl sites for hydroxylation is 1. The van der Waals surface area contributed by atoms with Crippen molar-refractivity contribution in [3.05, 3.63) is 29.3 Å². The number of likely N-dealkylation sites (N-methyl/N-ethyl adjacent to an activating group) is 2. The van der Waals surface area contributed by atoms with E-state index in [0.29, 0.717) is 12.1 Å². The largest absolute Gasteiger partial charge is 0.355 e. The van der Waals surface area contributed by atoms with Crippen molar-refractivity contribution in [3.63, 3.8) is 0 Å². The van der Waals surface area contributed by atoms with Crippen LogP contribution in [0.15, 0.2) is 23.1 Å². The van der Waals surface area contributed by atoms with Crippen LogP contribution < -0.4 is 5.32 Å². The number of hydrogen-bond acceptors (Lipinski definition) is 4. The number of sulfonamides is 1. The summed E-state index contributed by atoms with van der Waals surface area (Å²) in [6, 6.07) is 6.35. The zero-order valence-electron chi connectivity index (χ0n) is 11.7. The molecule has 0 aromatic heterocycles. The Morgan fingerprint density at radius 1 is 1.45 bits per heavy atom. The maximum atomic E-state index is 12.4. The predicted octanol–water partition coefficient (Wildman–Crippen LogP) is 0.623. The molecule has 0 saturated carbocycles. The maximum Gasteiger partial charge on any atom is 0.243 e. The summed E-state index contributed by atoms with van der Waals surface area (Å²) in [7, 11) is -2.46. The van der Waals surface area contributed by atoms with Crippen LogP contribution >= 0.6 is 0 Å². The fourth-order valence-corrected chi connectivity index (χ4v) is 3.03. The van der Waals surface area contributed by atoms with Crippen LogP contribution in [0.25, 0.3) is 0 Å². The molecule has 0 aliphatic carbocycles. The fourth-order valence-electron chi connectivity index (χ4n) is 1.66. The summed E-state index contributed by atoms with van der Waals surface area (Å²) < 4.78 is 25.8. The standard InChI is InChI=1S/C13H17N3O3S/c1-4-15-13(17)9-16(3)20(18,19)12-7-11(8-14)6-5-10(12)2/h5-7H,4,9H2,1-3H3,(H,15,17). The lowest BCUT2D eigenvalue weighted by atomic mass is 10.2. The van der Waals surface area contributed by atoms with Gasteiger partial charge >= 0.3 is 0 Å². The molecule has 1 aromatic carbocycles. The molecule has 1 N–H and O–H groups in total. The molecule has 7 heteroatoms. The highest BCUT2D eigenvalue weighted by Gasteiger charge is 2.24. The quantitative estimate of drug-likeness (QED) is 0.862. The van der Waals surface area contributed by atoms with Crippen molar-refractivity contribution in [1.82, 2.24) is 9.62 Å². The topological polar surface area (TPSA) is 90.3 Å². The minimum atomic E-state index is -3.79. The number of carbonyl (C=O) groups is 1. The summed E-state index contributed by atoms with van der Waals surface area (Å²) >= 11 is 0. The van der Waals surface area contributed by atoms with E-state index in [9.17, 15) is 13.2 Å². The van der Waals surface area contributed by atoms with Gasteiger partial charge in [-0.05, 0) is 31.5 Å². The average Bonchev–Trinajstić information content (AvgIpc) is 2.39. The van der Waals surface area contributed by atoms with Crippen LogP contribution in [0.5, 0.6) is 0 Å². The Morgan fingerprint density at radius 2 is 2.10 bits per heavy atom. The smallest absolute Gasteiger partial charge is 0.243 e. The zero-order chi connectivity index (χ0) is 15.3. The Hall–Kier alpha value is -1.91. The van der Waals surface area contributed by atoms with Crippen molar-refractivity contribution < 1.29 is 13.2 Å². The third-order valence-electron chi connectivity index (χ3n) is 2.75. The van der Waals surface area contributed by atoms with E-state index in [4.69, 9.17) is 5.26 Å². The third-order valence-corrected chi connectivity index (χ3v) is 4.69. The number of benzene rings is 1. The SMILES string of the molecule is CCNC(=O)CN(C)S(=O)(=O)c1cc(C#N)ccc1C. The summed E-state index contributed by atoms with van der Waals surface area (Å²) in [6.45, 7) is 3.59. The zero-order valence-corrected chi connectivity index (χ0v) is 12.5. The molecule has 6 nitrogen and oxygen atoms in total. The molecule has 0 atom stereocenters. The number of amides is 1. The van der Waals surface area contributed by atoms with Gasteiger partial charge in [0.15, 0.2) is 0 Å². The van der Waals surface area contributed by atoms with Crippen molar-refractivity contribution in [2.24, 2.45) is 0 Å². The Bertz CT molecular complexity index is 647.